The largest absolute Gasteiger partial charge is 0.442 e. The molecular formula is C24H30N8O. The predicted molar refractivity (Wildman–Crippen MR) is 131 cm³/mol. The van der Waals surface area contributed by atoms with E-state index < -0.39 is 0 Å². The number of piperazine rings is 1. The number of hydrogen-bond acceptors (Lipinski definition) is 8. The van der Waals surface area contributed by atoms with E-state index in [0.717, 1.165) is 67.6 Å². The Bertz CT molecular complexity index is 1090. The lowest BCUT2D eigenvalue weighted by atomic mass is 10.2. The Morgan fingerprint density at radius 3 is 2.67 bits per heavy atom. The summed E-state index contributed by atoms with van der Waals surface area (Å²) in [4.78, 5) is 11.0. The molecule has 4 heterocycles. The van der Waals surface area contributed by atoms with Crippen molar-refractivity contribution in [2.24, 2.45) is 0 Å². The quantitative estimate of drug-likeness (QED) is 0.387. The number of pyridine rings is 1. The van der Waals surface area contributed by atoms with Crippen molar-refractivity contribution in [3.63, 3.8) is 0 Å². The zero-order valence-corrected chi connectivity index (χ0v) is 18.7. The Morgan fingerprint density at radius 2 is 2.00 bits per heavy atom. The van der Waals surface area contributed by atoms with Gasteiger partial charge in [0.2, 0.25) is 0 Å². The van der Waals surface area contributed by atoms with Gasteiger partial charge < -0.3 is 35.2 Å². The lowest BCUT2D eigenvalue weighted by Gasteiger charge is -2.29. The summed E-state index contributed by atoms with van der Waals surface area (Å²) in [5, 5.41) is 18.0. The van der Waals surface area contributed by atoms with Crippen molar-refractivity contribution in [1.29, 1.82) is 5.41 Å². The van der Waals surface area contributed by atoms with Gasteiger partial charge in [-0.3, -0.25) is 0 Å². The topological polar surface area (TPSA) is 107 Å². The van der Waals surface area contributed by atoms with Crippen LogP contribution in [0.3, 0.4) is 0 Å². The summed E-state index contributed by atoms with van der Waals surface area (Å²) in [6, 6.07) is 6.37. The van der Waals surface area contributed by atoms with E-state index >= 15 is 0 Å². The van der Waals surface area contributed by atoms with Crippen LogP contribution in [0.5, 0.6) is 0 Å². The molecule has 4 N–H and O–H groups in total. The fourth-order valence-electron chi connectivity index (χ4n) is 4.76. The van der Waals surface area contributed by atoms with Crippen LogP contribution in [0.1, 0.15) is 37.3 Å². The van der Waals surface area contributed by atoms with Crippen LogP contribution >= 0.6 is 0 Å². The van der Waals surface area contributed by atoms with Crippen LogP contribution < -0.4 is 20.9 Å². The molecule has 172 valence electrons. The van der Waals surface area contributed by atoms with Crippen LogP contribution in [0.15, 0.2) is 53.8 Å². The second-order valence-corrected chi connectivity index (χ2v) is 8.52. The summed E-state index contributed by atoms with van der Waals surface area (Å²) >= 11 is 0. The lowest BCUT2D eigenvalue weighted by Crippen LogP contribution is -2.43. The molecule has 33 heavy (non-hydrogen) atoms. The van der Waals surface area contributed by atoms with Crippen molar-refractivity contribution < 1.29 is 4.42 Å². The second-order valence-electron chi connectivity index (χ2n) is 8.52. The minimum atomic E-state index is 0.338. The van der Waals surface area contributed by atoms with Crippen LogP contribution in [0.4, 0.5) is 17.3 Å². The molecule has 2 fully saturated rings. The fourth-order valence-corrected chi connectivity index (χ4v) is 4.76. The van der Waals surface area contributed by atoms with E-state index in [1.54, 1.807) is 6.20 Å². The van der Waals surface area contributed by atoms with E-state index in [-0.39, 0.29) is 0 Å². The first kappa shape index (κ1) is 21.3. The average molecular weight is 447 g/mol. The molecule has 0 bridgehead atoms. The molecular weight excluding hydrogens is 416 g/mol. The van der Waals surface area contributed by atoms with E-state index in [1.807, 2.05) is 18.3 Å². The highest BCUT2D eigenvalue weighted by Gasteiger charge is 2.26. The average Bonchev–Trinajstić information content (AvgIpc) is 3.61. The highest BCUT2D eigenvalue weighted by molar-refractivity contribution is 5.88. The van der Waals surface area contributed by atoms with Crippen molar-refractivity contribution in [3.05, 3.63) is 54.9 Å². The Kier molecular flexibility index (Phi) is 6.12. The maximum Gasteiger partial charge on any atom is 0.181 e. The number of oxazole rings is 1. The predicted octanol–water partition coefficient (Wildman–Crippen LogP) is 4.06. The molecule has 1 saturated carbocycles. The van der Waals surface area contributed by atoms with Gasteiger partial charge in [0.05, 0.1) is 23.8 Å². The molecule has 1 aliphatic heterocycles. The first-order chi connectivity index (χ1) is 16.2. The zero-order chi connectivity index (χ0) is 22.6. The third-order valence-corrected chi connectivity index (χ3v) is 6.37. The van der Waals surface area contributed by atoms with Gasteiger partial charge in [-0.15, -0.1) is 0 Å². The molecule has 9 heteroatoms. The number of nitrogens with zero attached hydrogens (tertiary/aromatic N) is 4. The van der Waals surface area contributed by atoms with Gasteiger partial charge in [0.25, 0.3) is 0 Å². The standard InChI is InChI=1S/C24H30N8O/c1-17(29-23-7-6-20(14-28-23)31-10-8-26-9-11-31)30-24-18(13-25)12-21(22-15-27-16-33-22)32(24)19-4-2-3-5-19/h6-7,12-16,19,25-26,30H,1-5,8-11H2,(H,28,29). The highest BCUT2D eigenvalue weighted by atomic mass is 16.3. The van der Waals surface area contributed by atoms with E-state index in [0.29, 0.717) is 17.6 Å². The van der Waals surface area contributed by atoms with Gasteiger partial charge in [0, 0.05) is 44.0 Å². The van der Waals surface area contributed by atoms with Gasteiger partial charge in [-0.25, -0.2) is 9.97 Å². The second kappa shape index (κ2) is 9.50. The molecule has 1 saturated heterocycles. The number of hydrogen-bond donors (Lipinski definition) is 4. The Hall–Kier alpha value is -3.59. The van der Waals surface area contributed by atoms with Crippen molar-refractivity contribution in [3.8, 4) is 11.5 Å². The maximum absolute atomic E-state index is 7.98. The summed E-state index contributed by atoms with van der Waals surface area (Å²) in [7, 11) is 0. The molecule has 0 atom stereocenters. The van der Waals surface area contributed by atoms with Gasteiger partial charge in [0.15, 0.2) is 12.2 Å². The minimum Gasteiger partial charge on any atom is -0.442 e. The maximum atomic E-state index is 7.98. The highest BCUT2D eigenvalue weighted by Crippen LogP contribution is 2.39. The molecule has 0 unspecified atom stereocenters. The molecule has 1 aliphatic carbocycles. The van der Waals surface area contributed by atoms with Crippen molar-refractivity contribution >= 4 is 23.5 Å². The molecule has 0 aromatic carbocycles. The first-order valence-electron chi connectivity index (χ1n) is 11.5. The van der Waals surface area contributed by atoms with E-state index in [9.17, 15) is 0 Å². The Morgan fingerprint density at radius 1 is 1.18 bits per heavy atom. The molecule has 3 aromatic rings. The van der Waals surface area contributed by atoms with Gasteiger partial charge in [-0.05, 0) is 31.0 Å². The van der Waals surface area contributed by atoms with E-state index in [2.05, 4.69) is 48.0 Å². The summed E-state index contributed by atoms with van der Waals surface area (Å²) in [5.74, 6) is 2.85. The number of anilines is 3. The smallest absolute Gasteiger partial charge is 0.181 e. The molecule has 9 nitrogen and oxygen atoms in total. The molecule has 0 amide bonds. The number of nitrogens with one attached hydrogen (secondary N) is 4. The monoisotopic (exact) mass is 446 g/mol. The molecule has 3 aromatic heterocycles. The third-order valence-electron chi connectivity index (χ3n) is 6.37. The lowest BCUT2D eigenvalue weighted by molar-refractivity contribution is 0.514. The molecule has 0 spiro atoms. The zero-order valence-electron chi connectivity index (χ0n) is 18.7. The molecule has 5 rings (SSSR count). The van der Waals surface area contributed by atoms with Crippen molar-refractivity contribution in [2.75, 3.05) is 41.7 Å². The van der Waals surface area contributed by atoms with Crippen LogP contribution in [-0.4, -0.2) is 46.9 Å². The Labute approximate surface area is 193 Å². The normalized spacial score (nSPS) is 16.7. The first-order valence-corrected chi connectivity index (χ1v) is 11.5. The van der Waals surface area contributed by atoms with Crippen molar-refractivity contribution in [2.45, 2.75) is 31.7 Å². The van der Waals surface area contributed by atoms with Crippen molar-refractivity contribution in [1.82, 2.24) is 19.9 Å². The van der Waals surface area contributed by atoms with Gasteiger partial charge in [-0.2, -0.15) is 0 Å². The SMILES string of the molecule is C=C(Nc1ccc(N2CCNCC2)cn1)Nc1c(C=N)cc(-c2cnco2)n1C1CCCC1. The summed E-state index contributed by atoms with van der Waals surface area (Å²) in [5.41, 5.74) is 2.82. The summed E-state index contributed by atoms with van der Waals surface area (Å²) in [6.07, 6.45) is 11.0. The van der Waals surface area contributed by atoms with Gasteiger partial charge in [0.1, 0.15) is 17.5 Å². The van der Waals surface area contributed by atoms with E-state index in [4.69, 9.17) is 9.83 Å². The molecule has 0 radical (unpaired) electrons. The Balaban J connectivity index is 1.36. The number of aromatic nitrogens is 3. The van der Waals surface area contributed by atoms with Gasteiger partial charge in [-0.1, -0.05) is 19.4 Å². The fraction of sp³-hybridized carbons (Fsp3) is 0.375. The summed E-state index contributed by atoms with van der Waals surface area (Å²) in [6.45, 7) is 8.13. The molecule has 2 aliphatic rings. The minimum absolute atomic E-state index is 0.338. The summed E-state index contributed by atoms with van der Waals surface area (Å²) < 4.78 is 7.84. The third kappa shape index (κ3) is 4.49. The number of rotatable bonds is 8. The van der Waals surface area contributed by atoms with Gasteiger partial charge >= 0.3 is 0 Å². The van der Waals surface area contributed by atoms with Crippen LogP contribution in [0.2, 0.25) is 0 Å². The van der Waals surface area contributed by atoms with Crippen LogP contribution in [0, 0.1) is 5.41 Å². The van der Waals surface area contributed by atoms with Crippen LogP contribution in [0.25, 0.3) is 11.5 Å². The van der Waals surface area contributed by atoms with E-state index in [1.165, 1.54) is 25.4 Å². The van der Waals surface area contributed by atoms with Crippen LogP contribution in [-0.2, 0) is 0 Å².